The van der Waals surface area contributed by atoms with Crippen molar-refractivity contribution in [2.75, 3.05) is 5.32 Å². The zero-order chi connectivity index (χ0) is 14.5. The van der Waals surface area contributed by atoms with E-state index in [0.717, 1.165) is 10.7 Å². The monoisotopic (exact) mass is 289 g/mol. The first-order valence-electron chi connectivity index (χ1n) is 6.63. The van der Waals surface area contributed by atoms with Crippen LogP contribution in [0.2, 0.25) is 0 Å². The average molecular weight is 289 g/mol. The van der Waals surface area contributed by atoms with Crippen molar-refractivity contribution in [2.24, 2.45) is 0 Å². The minimum Gasteiger partial charge on any atom is -0.376 e. The molecule has 2 rings (SSSR count). The molecule has 4 nitrogen and oxygen atoms in total. The van der Waals surface area contributed by atoms with Gasteiger partial charge in [-0.05, 0) is 39.0 Å². The first-order chi connectivity index (χ1) is 9.56. The minimum absolute atomic E-state index is 0.0504. The van der Waals surface area contributed by atoms with E-state index in [4.69, 9.17) is 0 Å². The van der Waals surface area contributed by atoms with Gasteiger partial charge in [0.1, 0.15) is 5.01 Å². The Morgan fingerprint density at radius 1 is 1.30 bits per heavy atom. The largest absolute Gasteiger partial charge is 0.376 e. The van der Waals surface area contributed by atoms with Crippen LogP contribution in [0.1, 0.15) is 42.2 Å². The fourth-order valence-electron chi connectivity index (χ4n) is 1.86. The predicted molar refractivity (Wildman–Crippen MR) is 83.2 cm³/mol. The van der Waals surface area contributed by atoms with Crippen LogP contribution in [0, 0.1) is 0 Å². The number of nitrogens with one attached hydrogen (secondary N) is 2. The maximum Gasteiger partial charge on any atom is 0.251 e. The van der Waals surface area contributed by atoms with E-state index in [0.29, 0.717) is 5.56 Å². The Morgan fingerprint density at radius 3 is 2.75 bits per heavy atom. The minimum atomic E-state index is -0.0504. The van der Waals surface area contributed by atoms with Crippen molar-refractivity contribution >= 4 is 22.9 Å². The van der Waals surface area contributed by atoms with Gasteiger partial charge in [-0.1, -0.05) is 6.07 Å². The Kier molecular flexibility index (Phi) is 4.74. The number of hydrogen-bond donors (Lipinski definition) is 2. The molecule has 1 aromatic carbocycles. The van der Waals surface area contributed by atoms with Crippen molar-refractivity contribution in [2.45, 2.75) is 32.9 Å². The Labute approximate surface area is 123 Å². The number of hydrogen-bond acceptors (Lipinski definition) is 4. The van der Waals surface area contributed by atoms with Crippen molar-refractivity contribution in [3.05, 3.63) is 46.4 Å². The van der Waals surface area contributed by atoms with Crippen LogP contribution >= 0.6 is 11.3 Å². The molecule has 0 aliphatic rings. The van der Waals surface area contributed by atoms with Gasteiger partial charge in [0.25, 0.3) is 5.91 Å². The lowest BCUT2D eigenvalue weighted by molar-refractivity contribution is 0.0943. The molecular weight excluding hydrogens is 270 g/mol. The van der Waals surface area contributed by atoms with Gasteiger partial charge >= 0.3 is 0 Å². The van der Waals surface area contributed by atoms with Gasteiger partial charge in [-0.15, -0.1) is 11.3 Å². The van der Waals surface area contributed by atoms with Gasteiger partial charge in [-0.2, -0.15) is 0 Å². The van der Waals surface area contributed by atoms with Gasteiger partial charge in [0, 0.05) is 28.9 Å². The number of carbonyl (C=O) groups is 1. The molecule has 2 N–H and O–H groups in total. The highest BCUT2D eigenvalue weighted by Gasteiger charge is 2.10. The second-order valence-corrected chi connectivity index (χ2v) is 5.87. The van der Waals surface area contributed by atoms with Gasteiger partial charge in [0.05, 0.1) is 6.04 Å². The van der Waals surface area contributed by atoms with E-state index < -0.39 is 0 Å². The average Bonchev–Trinajstić information content (AvgIpc) is 2.92. The third-order valence-corrected chi connectivity index (χ3v) is 3.71. The summed E-state index contributed by atoms with van der Waals surface area (Å²) in [5.74, 6) is -0.0504. The van der Waals surface area contributed by atoms with Gasteiger partial charge in [0.15, 0.2) is 0 Å². The van der Waals surface area contributed by atoms with Crippen LogP contribution in [0.25, 0.3) is 0 Å². The second-order valence-electron chi connectivity index (χ2n) is 4.95. The third-order valence-electron chi connectivity index (χ3n) is 2.75. The zero-order valence-corrected chi connectivity index (χ0v) is 12.7. The first kappa shape index (κ1) is 14.5. The van der Waals surface area contributed by atoms with Crippen LogP contribution < -0.4 is 10.6 Å². The highest BCUT2D eigenvalue weighted by atomic mass is 32.1. The highest BCUT2D eigenvalue weighted by Crippen LogP contribution is 2.21. The number of nitrogens with zero attached hydrogens (tertiary/aromatic N) is 1. The fraction of sp³-hybridized carbons (Fsp3) is 0.333. The molecule has 0 aliphatic carbocycles. The molecule has 0 saturated heterocycles. The maximum absolute atomic E-state index is 12.0. The normalized spacial score (nSPS) is 12.2. The number of amides is 1. The molecule has 1 aromatic heterocycles. The Hall–Kier alpha value is -1.88. The smallest absolute Gasteiger partial charge is 0.251 e. The first-order valence-corrected chi connectivity index (χ1v) is 7.51. The lowest BCUT2D eigenvalue weighted by Gasteiger charge is -2.14. The quantitative estimate of drug-likeness (QED) is 0.886. The molecule has 106 valence electrons. The molecule has 2 aromatic rings. The number of anilines is 1. The lowest BCUT2D eigenvalue weighted by Crippen LogP contribution is -2.30. The van der Waals surface area contributed by atoms with Crippen molar-refractivity contribution < 1.29 is 4.79 Å². The van der Waals surface area contributed by atoms with Crippen LogP contribution in [0.3, 0.4) is 0 Å². The van der Waals surface area contributed by atoms with Crippen LogP contribution in [0.15, 0.2) is 35.8 Å². The van der Waals surface area contributed by atoms with E-state index in [1.807, 2.05) is 43.5 Å². The van der Waals surface area contributed by atoms with E-state index >= 15 is 0 Å². The van der Waals surface area contributed by atoms with Crippen molar-refractivity contribution in [1.82, 2.24) is 10.3 Å². The van der Waals surface area contributed by atoms with Gasteiger partial charge in [-0.25, -0.2) is 4.98 Å². The molecule has 0 radical (unpaired) electrons. The number of thiazole rings is 1. The molecule has 5 heteroatoms. The molecule has 0 bridgehead atoms. The van der Waals surface area contributed by atoms with E-state index in [1.54, 1.807) is 17.5 Å². The summed E-state index contributed by atoms with van der Waals surface area (Å²) in [6.07, 6.45) is 1.80. The maximum atomic E-state index is 12.0. The summed E-state index contributed by atoms with van der Waals surface area (Å²) in [5.41, 5.74) is 1.58. The zero-order valence-electron chi connectivity index (χ0n) is 11.9. The summed E-state index contributed by atoms with van der Waals surface area (Å²) < 4.78 is 0. The molecule has 1 atom stereocenters. The molecule has 0 fully saturated rings. The van der Waals surface area contributed by atoms with E-state index in [9.17, 15) is 4.79 Å². The van der Waals surface area contributed by atoms with Crippen LogP contribution in [-0.4, -0.2) is 16.9 Å². The Morgan fingerprint density at radius 2 is 2.10 bits per heavy atom. The Balaban J connectivity index is 2.08. The summed E-state index contributed by atoms with van der Waals surface area (Å²) in [7, 11) is 0. The van der Waals surface area contributed by atoms with Crippen LogP contribution in [0.5, 0.6) is 0 Å². The summed E-state index contributed by atoms with van der Waals surface area (Å²) in [4.78, 5) is 16.3. The summed E-state index contributed by atoms with van der Waals surface area (Å²) in [5, 5.41) is 9.24. The van der Waals surface area contributed by atoms with Crippen LogP contribution in [-0.2, 0) is 0 Å². The predicted octanol–water partition coefficient (Wildman–Crippen LogP) is 3.45. The number of benzene rings is 1. The second kappa shape index (κ2) is 6.52. The Bertz CT molecular complexity index is 566. The van der Waals surface area contributed by atoms with E-state index in [1.165, 1.54) is 0 Å². The summed E-state index contributed by atoms with van der Waals surface area (Å²) in [6.45, 7) is 5.95. The van der Waals surface area contributed by atoms with E-state index in [-0.39, 0.29) is 18.0 Å². The molecule has 1 amide bonds. The molecule has 20 heavy (non-hydrogen) atoms. The van der Waals surface area contributed by atoms with Crippen molar-refractivity contribution in [3.63, 3.8) is 0 Å². The molecular formula is C15H19N3OS. The third kappa shape index (κ3) is 3.81. The van der Waals surface area contributed by atoms with Crippen LogP contribution in [0.4, 0.5) is 5.69 Å². The number of aromatic nitrogens is 1. The molecule has 0 saturated carbocycles. The van der Waals surface area contributed by atoms with Gasteiger partial charge in [-0.3, -0.25) is 4.79 Å². The van der Waals surface area contributed by atoms with Crippen molar-refractivity contribution in [1.29, 1.82) is 0 Å². The molecule has 0 aliphatic heterocycles. The van der Waals surface area contributed by atoms with Gasteiger partial charge in [0.2, 0.25) is 0 Å². The number of carbonyl (C=O) groups excluding carboxylic acids is 1. The lowest BCUT2D eigenvalue weighted by atomic mass is 10.1. The fourth-order valence-corrected chi connectivity index (χ4v) is 2.50. The molecule has 1 heterocycles. The van der Waals surface area contributed by atoms with Crippen molar-refractivity contribution in [3.8, 4) is 0 Å². The topological polar surface area (TPSA) is 54.0 Å². The molecule has 0 spiro atoms. The standard InChI is InChI=1S/C15H19N3OS/c1-10(2)17-14(19)12-5-4-6-13(9-12)18-11(3)15-16-7-8-20-15/h4-11,18H,1-3H3,(H,17,19). The summed E-state index contributed by atoms with van der Waals surface area (Å²) in [6, 6.07) is 7.77. The number of rotatable bonds is 5. The molecule has 1 unspecified atom stereocenters. The summed E-state index contributed by atoms with van der Waals surface area (Å²) >= 11 is 1.62. The van der Waals surface area contributed by atoms with E-state index in [2.05, 4.69) is 22.5 Å². The SMILES string of the molecule is CC(C)NC(=O)c1cccc(NC(C)c2nccs2)c1. The highest BCUT2D eigenvalue weighted by molar-refractivity contribution is 7.09. The van der Waals surface area contributed by atoms with Gasteiger partial charge < -0.3 is 10.6 Å².